The van der Waals surface area contributed by atoms with E-state index in [2.05, 4.69) is 38.2 Å². The monoisotopic (exact) mass is 807 g/mol. The number of esters is 2. The lowest BCUT2D eigenvalue weighted by molar-refractivity contribution is -0.697. The van der Waals surface area contributed by atoms with Crippen LogP contribution in [-0.4, -0.2) is 42.8 Å². The van der Waals surface area contributed by atoms with Gasteiger partial charge in [-0.15, -0.1) is 0 Å². The van der Waals surface area contributed by atoms with E-state index in [1.54, 1.807) is 0 Å². The van der Waals surface area contributed by atoms with Crippen molar-refractivity contribution in [1.29, 1.82) is 0 Å². The first-order valence-electron chi connectivity index (χ1n) is 22.6. The third-order valence-corrected chi connectivity index (χ3v) is 10.8. The molecule has 0 aliphatic carbocycles. The number of ether oxygens (including phenoxy) is 2. The number of carbonyl (C=O) groups excluding carboxylic acids is 2. The van der Waals surface area contributed by atoms with Gasteiger partial charge in [-0.25, -0.2) is 9.13 Å². The van der Waals surface area contributed by atoms with Crippen LogP contribution in [0.3, 0.4) is 0 Å². The van der Waals surface area contributed by atoms with E-state index < -0.39 is 26.5 Å². The van der Waals surface area contributed by atoms with Crippen molar-refractivity contribution in [2.45, 2.75) is 206 Å². The number of pyridine rings is 1. The maximum Gasteiger partial charge on any atom is 0.472 e. The minimum Gasteiger partial charge on any atom is -0.462 e. The molecule has 1 heterocycles. The van der Waals surface area contributed by atoms with E-state index >= 15 is 0 Å². The summed E-state index contributed by atoms with van der Waals surface area (Å²) in [6.45, 7) is 4.13. The quantitative estimate of drug-likeness (QED) is 0.0229. The van der Waals surface area contributed by atoms with Crippen molar-refractivity contribution in [3.05, 3.63) is 54.9 Å². The summed E-state index contributed by atoms with van der Waals surface area (Å²) in [5.74, 6) is -0.831. The maximum atomic E-state index is 12.7. The fourth-order valence-electron chi connectivity index (χ4n) is 6.36. The van der Waals surface area contributed by atoms with Gasteiger partial charge in [0.2, 0.25) is 0 Å². The summed E-state index contributed by atoms with van der Waals surface area (Å²) in [6.07, 6.45) is 42.8. The van der Waals surface area contributed by atoms with Crippen molar-refractivity contribution in [2.24, 2.45) is 0 Å². The van der Waals surface area contributed by atoms with Gasteiger partial charge >= 0.3 is 19.8 Å². The molecule has 9 nitrogen and oxygen atoms in total. The van der Waals surface area contributed by atoms with Gasteiger partial charge in [0.05, 0.1) is 6.61 Å². The van der Waals surface area contributed by atoms with Crippen LogP contribution in [0.5, 0.6) is 0 Å². The Morgan fingerprint density at radius 3 is 1.48 bits per heavy atom. The van der Waals surface area contributed by atoms with E-state index in [-0.39, 0.29) is 32.0 Å². The Morgan fingerprint density at radius 2 is 1.00 bits per heavy atom. The number of rotatable bonds is 40. The van der Waals surface area contributed by atoms with Crippen LogP contribution < -0.4 is 4.57 Å². The first kappa shape index (κ1) is 51.7. The van der Waals surface area contributed by atoms with Gasteiger partial charge < -0.3 is 14.4 Å². The van der Waals surface area contributed by atoms with Crippen molar-refractivity contribution in [3.63, 3.8) is 0 Å². The molecule has 10 heteroatoms. The second-order valence-electron chi connectivity index (χ2n) is 15.2. The summed E-state index contributed by atoms with van der Waals surface area (Å²) in [6, 6.07) is 5.58. The Labute approximate surface area is 342 Å². The maximum absolute atomic E-state index is 12.7. The summed E-state index contributed by atoms with van der Waals surface area (Å²) in [4.78, 5) is 35.5. The molecule has 0 amide bonds. The third-order valence-electron chi connectivity index (χ3n) is 9.82. The number of phosphoric acid groups is 1. The van der Waals surface area contributed by atoms with Crippen LogP contribution in [0.25, 0.3) is 0 Å². The fourth-order valence-corrected chi connectivity index (χ4v) is 7.10. The van der Waals surface area contributed by atoms with Gasteiger partial charge in [0, 0.05) is 25.0 Å². The Bertz CT molecular complexity index is 1160. The van der Waals surface area contributed by atoms with Crippen LogP contribution in [0.2, 0.25) is 0 Å². The van der Waals surface area contributed by atoms with E-state index in [4.69, 9.17) is 18.5 Å². The molecule has 56 heavy (non-hydrogen) atoms. The van der Waals surface area contributed by atoms with Crippen LogP contribution in [-0.2, 0) is 39.2 Å². The molecular formula is C46H81NO8P+. The first-order chi connectivity index (χ1) is 27.4. The molecule has 1 N–H and O–H groups in total. The lowest BCUT2D eigenvalue weighted by Crippen LogP contribution is -2.34. The number of allylic oxidation sites excluding steroid dienone is 4. The summed E-state index contributed by atoms with van der Waals surface area (Å²) >= 11 is 0. The molecule has 0 spiro atoms. The van der Waals surface area contributed by atoms with Crippen molar-refractivity contribution in [1.82, 2.24) is 0 Å². The van der Waals surface area contributed by atoms with Gasteiger partial charge in [-0.2, -0.15) is 0 Å². The normalized spacial score (nSPS) is 13.3. The Morgan fingerprint density at radius 1 is 0.571 bits per heavy atom. The smallest absolute Gasteiger partial charge is 0.462 e. The topological polar surface area (TPSA) is 112 Å². The van der Waals surface area contributed by atoms with Gasteiger partial charge in [-0.05, 0) is 64.2 Å². The number of nitrogens with zero attached hydrogens (tertiary/aromatic N) is 1. The van der Waals surface area contributed by atoms with Crippen molar-refractivity contribution in [2.75, 3.05) is 19.8 Å². The zero-order chi connectivity index (χ0) is 40.6. The van der Waals surface area contributed by atoms with Gasteiger partial charge in [-0.3, -0.25) is 18.6 Å². The molecular weight excluding hydrogens is 725 g/mol. The van der Waals surface area contributed by atoms with Crippen molar-refractivity contribution in [3.8, 4) is 0 Å². The van der Waals surface area contributed by atoms with Gasteiger partial charge in [0.1, 0.15) is 13.2 Å². The minimum absolute atomic E-state index is 0.0483. The van der Waals surface area contributed by atoms with Gasteiger partial charge in [0.15, 0.2) is 25.0 Å². The average Bonchev–Trinajstić information content (AvgIpc) is 3.19. The Hall–Kier alpha value is -2.32. The molecule has 0 saturated carbocycles. The molecule has 0 bridgehead atoms. The molecule has 0 aliphatic heterocycles. The van der Waals surface area contributed by atoms with E-state index in [1.165, 1.54) is 89.9 Å². The van der Waals surface area contributed by atoms with Crippen LogP contribution >= 0.6 is 7.82 Å². The molecule has 1 aromatic rings. The highest BCUT2D eigenvalue weighted by molar-refractivity contribution is 7.47. The van der Waals surface area contributed by atoms with E-state index in [1.807, 2.05) is 35.2 Å². The lowest BCUT2D eigenvalue weighted by atomic mass is 10.1. The summed E-state index contributed by atoms with van der Waals surface area (Å²) < 4.78 is 35.7. The number of phosphoric ester groups is 1. The highest BCUT2D eigenvalue weighted by Crippen LogP contribution is 2.43. The molecule has 1 unspecified atom stereocenters. The average molecular weight is 807 g/mol. The molecule has 0 fully saturated rings. The molecule has 1 rings (SSSR count). The summed E-state index contributed by atoms with van der Waals surface area (Å²) in [5.41, 5.74) is 0. The van der Waals surface area contributed by atoms with Crippen molar-refractivity contribution >= 4 is 19.8 Å². The standard InChI is InChI=1S/C46H80NO8P/c1-3-5-7-9-11-13-15-17-19-21-23-25-27-29-32-36-45(48)52-42-44(43-54-56(50,51)53-41-40-47-38-34-31-35-39-47)55-46(49)37-33-30-28-26-24-22-20-18-16-14-12-10-8-6-4-2/h17-20,31,34-35,38-39,44H,3-16,21-30,32-33,36-37,40-43H2,1-2H3/p+1/b19-17-,20-18-/t44-/m1/s1. The third kappa shape index (κ3) is 34.9. The predicted molar refractivity (Wildman–Crippen MR) is 228 cm³/mol. The molecule has 0 radical (unpaired) electrons. The summed E-state index contributed by atoms with van der Waals surface area (Å²) in [5, 5.41) is 0. The van der Waals surface area contributed by atoms with Crippen LogP contribution in [0, 0.1) is 0 Å². The number of unbranched alkanes of at least 4 members (excludes halogenated alkanes) is 22. The largest absolute Gasteiger partial charge is 0.472 e. The molecule has 0 aliphatic rings. The predicted octanol–water partition coefficient (Wildman–Crippen LogP) is 12.6. The second-order valence-corrected chi connectivity index (χ2v) is 16.6. The van der Waals surface area contributed by atoms with Gasteiger partial charge in [-0.1, -0.05) is 147 Å². The molecule has 322 valence electrons. The Kier molecular flexibility index (Phi) is 35.3. The lowest BCUT2D eigenvalue weighted by Gasteiger charge is -2.19. The van der Waals surface area contributed by atoms with Crippen molar-refractivity contribution < 1.29 is 42.1 Å². The zero-order valence-corrected chi connectivity index (χ0v) is 36.5. The minimum atomic E-state index is -4.43. The highest BCUT2D eigenvalue weighted by Gasteiger charge is 2.26. The number of aromatic nitrogens is 1. The SMILES string of the molecule is CCCCCCCC/C=C\CCCCCCCC(=O)OC[C@H](COP(=O)(O)OCC[n+]1ccccc1)OC(=O)CCCCCCC/C=C\CCCCCCCC. The van der Waals surface area contributed by atoms with E-state index in [0.717, 1.165) is 70.6 Å². The first-order valence-corrected chi connectivity index (χ1v) is 24.1. The zero-order valence-electron chi connectivity index (χ0n) is 35.6. The number of hydrogen-bond donors (Lipinski definition) is 1. The highest BCUT2D eigenvalue weighted by atomic mass is 31.2. The molecule has 0 saturated heterocycles. The number of hydrogen-bond acceptors (Lipinski definition) is 7. The number of carbonyl (C=O) groups is 2. The second kappa shape index (κ2) is 38.2. The van der Waals surface area contributed by atoms with Gasteiger partial charge in [0.25, 0.3) is 0 Å². The summed E-state index contributed by atoms with van der Waals surface area (Å²) in [7, 11) is -4.43. The van der Waals surface area contributed by atoms with E-state index in [9.17, 15) is 19.0 Å². The van der Waals surface area contributed by atoms with Crippen LogP contribution in [0.15, 0.2) is 54.9 Å². The molecule has 2 atom stereocenters. The van der Waals surface area contributed by atoms with Crippen LogP contribution in [0.4, 0.5) is 0 Å². The molecule has 0 aromatic carbocycles. The molecule has 1 aromatic heterocycles. The Balaban J connectivity index is 2.33. The fraction of sp³-hybridized carbons (Fsp3) is 0.761. The van der Waals surface area contributed by atoms with Crippen LogP contribution in [0.1, 0.15) is 194 Å². The van der Waals surface area contributed by atoms with E-state index in [0.29, 0.717) is 13.0 Å².